The highest BCUT2D eigenvalue weighted by Gasteiger charge is 2.31. The molecular formula is C13H17F3N4. The van der Waals surface area contributed by atoms with Gasteiger partial charge in [0.1, 0.15) is 5.82 Å². The number of aromatic nitrogens is 3. The van der Waals surface area contributed by atoms with Crippen molar-refractivity contribution in [2.45, 2.75) is 38.9 Å². The lowest BCUT2D eigenvalue weighted by Crippen LogP contribution is -2.37. The van der Waals surface area contributed by atoms with E-state index in [0.717, 1.165) is 12.3 Å². The van der Waals surface area contributed by atoms with Crippen LogP contribution in [0.1, 0.15) is 32.2 Å². The number of hydrogen-bond acceptors (Lipinski definition) is 3. The van der Waals surface area contributed by atoms with E-state index < -0.39 is 11.7 Å². The minimum atomic E-state index is -4.36. The van der Waals surface area contributed by atoms with Gasteiger partial charge in [-0.25, -0.2) is 0 Å². The molecule has 0 bridgehead atoms. The predicted molar refractivity (Wildman–Crippen MR) is 69.4 cm³/mol. The maximum Gasteiger partial charge on any atom is 0.417 e. The van der Waals surface area contributed by atoms with E-state index in [9.17, 15) is 13.2 Å². The van der Waals surface area contributed by atoms with Gasteiger partial charge in [0.25, 0.3) is 0 Å². The average Bonchev–Trinajstić information content (AvgIpc) is 2.69. The van der Waals surface area contributed by atoms with Crippen LogP contribution in [0.4, 0.5) is 13.2 Å². The van der Waals surface area contributed by atoms with Gasteiger partial charge in [-0.1, -0.05) is 0 Å². The summed E-state index contributed by atoms with van der Waals surface area (Å²) in [5.74, 6) is 0.517. The number of halogens is 3. The van der Waals surface area contributed by atoms with Gasteiger partial charge in [0.05, 0.1) is 5.56 Å². The average molecular weight is 286 g/mol. The Bertz CT molecular complexity index is 596. The van der Waals surface area contributed by atoms with Crippen LogP contribution in [0.3, 0.4) is 0 Å². The van der Waals surface area contributed by atoms with Crippen LogP contribution in [0.2, 0.25) is 0 Å². The van der Waals surface area contributed by atoms with Gasteiger partial charge >= 0.3 is 6.18 Å². The summed E-state index contributed by atoms with van der Waals surface area (Å²) in [4.78, 5) is 0. The van der Waals surface area contributed by atoms with Gasteiger partial charge in [-0.2, -0.15) is 13.2 Å². The lowest BCUT2D eigenvalue weighted by atomic mass is 10.1. The number of rotatable bonds is 3. The first kappa shape index (κ1) is 14.8. The Kier molecular flexibility index (Phi) is 3.73. The standard InChI is InChI=1S/C13H17F3N4/c1-12(2,3)17-7-6-11-19-18-10-5-4-9(8-20(10)11)13(14,15)16/h4-5,8,17H,6-7H2,1-3H3. The second-order valence-electron chi connectivity index (χ2n) is 5.69. The molecule has 4 nitrogen and oxygen atoms in total. The minimum Gasteiger partial charge on any atom is -0.312 e. The van der Waals surface area contributed by atoms with E-state index in [0.29, 0.717) is 24.4 Å². The van der Waals surface area contributed by atoms with Crippen LogP contribution >= 0.6 is 0 Å². The fourth-order valence-corrected chi connectivity index (χ4v) is 1.83. The minimum absolute atomic E-state index is 0.0440. The molecule has 0 atom stereocenters. The first-order valence-electron chi connectivity index (χ1n) is 6.33. The topological polar surface area (TPSA) is 42.2 Å². The van der Waals surface area contributed by atoms with Gasteiger partial charge in [-0.3, -0.25) is 4.40 Å². The molecule has 0 saturated carbocycles. The zero-order chi connectivity index (χ0) is 15.0. The summed E-state index contributed by atoms with van der Waals surface area (Å²) >= 11 is 0. The monoisotopic (exact) mass is 286 g/mol. The van der Waals surface area contributed by atoms with E-state index >= 15 is 0 Å². The first-order valence-corrected chi connectivity index (χ1v) is 6.33. The zero-order valence-electron chi connectivity index (χ0n) is 11.6. The Labute approximate surface area is 115 Å². The molecule has 110 valence electrons. The maximum atomic E-state index is 12.7. The molecule has 0 spiro atoms. The SMILES string of the molecule is CC(C)(C)NCCc1nnc2ccc(C(F)(F)F)cn12. The number of hydrogen-bond donors (Lipinski definition) is 1. The van der Waals surface area contributed by atoms with Crippen molar-refractivity contribution in [2.75, 3.05) is 6.54 Å². The summed E-state index contributed by atoms with van der Waals surface area (Å²) in [5.41, 5.74) is -0.323. The lowest BCUT2D eigenvalue weighted by Gasteiger charge is -2.20. The van der Waals surface area contributed by atoms with Crippen LogP contribution in [0.5, 0.6) is 0 Å². The number of nitrogens with zero attached hydrogens (tertiary/aromatic N) is 3. The number of nitrogens with one attached hydrogen (secondary N) is 1. The molecule has 0 saturated heterocycles. The van der Waals surface area contributed by atoms with Crippen LogP contribution in [0.25, 0.3) is 5.65 Å². The van der Waals surface area contributed by atoms with E-state index in [4.69, 9.17) is 0 Å². The summed E-state index contributed by atoms with van der Waals surface area (Å²) in [6, 6.07) is 2.34. The van der Waals surface area contributed by atoms with E-state index in [-0.39, 0.29) is 5.54 Å². The Balaban J connectivity index is 2.22. The van der Waals surface area contributed by atoms with E-state index in [2.05, 4.69) is 15.5 Å². The zero-order valence-corrected chi connectivity index (χ0v) is 11.6. The highest BCUT2D eigenvalue weighted by Crippen LogP contribution is 2.29. The summed E-state index contributed by atoms with van der Waals surface area (Å²) in [6.07, 6.45) is -2.80. The second-order valence-corrected chi connectivity index (χ2v) is 5.69. The van der Waals surface area contributed by atoms with Gasteiger partial charge in [0.2, 0.25) is 0 Å². The molecule has 0 aliphatic heterocycles. The Morgan fingerprint density at radius 3 is 2.45 bits per heavy atom. The number of alkyl halides is 3. The van der Waals surface area contributed by atoms with Crippen LogP contribution in [-0.4, -0.2) is 26.7 Å². The van der Waals surface area contributed by atoms with Crippen molar-refractivity contribution in [3.63, 3.8) is 0 Å². The normalized spacial score (nSPS) is 13.1. The van der Waals surface area contributed by atoms with Gasteiger partial charge in [-0.05, 0) is 32.9 Å². The molecule has 0 amide bonds. The molecule has 20 heavy (non-hydrogen) atoms. The van der Waals surface area contributed by atoms with Crippen molar-refractivity contribution in [2.24, 2.45) is 0 Å². The Morgan fingerprint density at radius 2 is 1.85 bits per heavy atom. The van der Waals surface area contributed by atoms with Crippen molar-refractivity contribution in [3.8, 4) is 0 Å². The fraction of sp³-hybridized carbons (Fsp3) is 0.538. The second kappa shape index (κ2) is 5.05. The third-order valence-electron chi connectivity index (χ3n) is 2.80. The molecule has 2 heterocycles. The third-order valence-corrected chi connectivity index (χ3v) is 2.80. The van der Waals surface area contributed by atoms with Crippen LogP contribution in [0, 0.1) is 0 Å². The largest absolute Gasteiger partial charge is 0.417 e. The summed E-state index contributed by atoms with van der Waals surface area (Å²) in [6.45, 7) is 6.70. The van der Waals surface area contributed by atoms with E-state index in [1.807, 2.05) is 20.8 Å². The molecule has 0 aliphatic rings. The number of pyridine rings is 1. The summed E-state index contributed by atoms with van der Waals surface area (Å²) in [5, 5.41) is 11.1. The molecule has 7 heteroatoms. The predicted octanol–water partition coefficient (Wildman–Crippen LogP) is 2.68. The van der Waals surface area contributed by atoms with E-state index in [1.54, 1.807) is 0 Å². The molecule has 0 radical (unpaired) electrons. The summed E-state index contributed by atoms with van der Waals surface area (Å²) < 4.78 is 39.5. The first-order chi connectivity index (χ1) is 9.17. The highest BCUT2D eigenvalue weighted by atomic mass is 19.4. The van der Waals surface area contributed by atoms with Gasteiger partial charge in [0, 0.05) is 24.7 Å². The van der Waals surface area contributed by atoms with Crippen LogP contribution in [0.15, 0.2) is 18.3 Å². The number of fused-ring (bicyclic) bond motifs is 1. The van der Waals surface area contributed by atoms with Crippen molar-refractivity contribution in [1.82, 2.24) is 19.9 Å². The lowest BCUT2D eigenvalue weighted by molar-refractivity contribution is -0.137. The van der Waals surface area contributed by atoms with Crippen LogP contribution in [-0.2, 0) is 12.6 Å². The Hall–Kier alpha value is -1.63. The molecule has 2 aromatic heterocycles. The quantitative estimate of drug-likeness (QED) is 0.943. The van der Waals surface area contributed by atoms with Gasteiger partial charge < -0.3 is 5.32 Å². The smallest absolute Gasteiger partial charge is 0.312 e. The van der Waals surface area contributed by atoms with Crippen molar-refractivity contribution >= 4 is 5.65 Å². The van der Waals surface area contributed by atoms with Gasteiger partial charge in [-0.15, -0.1) is 10.2 Å². The molecule has 0 unspecified atom stereocenters. The molecule has 0 fully saturated rings. The fourth-order valence-electron chi connectivity index (χ4n) is 1.83. The molecule has 1 N–H and O–H groups in total. The molecule has 0 aliphatic carbocycles. The molecule has 2 aromatic rings. The third kappa shape index (κ3) is 3.47. The summed E-state index contributed by atoms with van der Waals surface area (Å²) in [7, 11) is 0. The van der Waals surface area contributed by atoms with Crippen molar-refractivity contribution in [3.05, 3.63) is 29.7 Å². The molecule has 0 aromatic carbocycles. The van der Waals surface area contributed by atoms with Crippen LogP contribution < -0.4 is 5.32 Å². The van der Waals surface area contributed by atoms with E-state index in [1.165, 1.54) is 10.5 Å². The molecule has 2 rings (SSSR count). The maximum absolute atomic E-state index is 12.7. The highest BCUT2D eigenvalue weighted by molar-refractivity contribution is 5.40. The molecular weight excluding hydrogens is 269 g/mol. The van der Waals surface area contributed by atoms with Crippen molar-refractivity contribution in [1.29, 1.82) is 0 Å². The van der Waals surface area contributed by atoms with Crippen molar-refractivity contribution < 1.29 is 13.2 Å². The Morgan fingerprint density at radius 1 is 1.15 bits per heavy atom. The van der Waals surface area contributed by atoms with Gasteiger partial charge in [0.15, 0.2) is 5.65 Å².